The van der Waals surface area contributed by atoms with E-state index in [9.17, 15) is 0 Å². The number of hydrogen-bond acceptors (Lipinski definition) is 0. The molecule has 0 bridgehead atoms. The molecule has 0 amide bonds. The zero-order valence-corrected chi connectivity index (χ0v) is 38.3. The normalized spacial score (nSPS) is 13.9. The molecule has 2 saturated carbocycles. The topological polar surface area (TPSA) is 0 Å². The molecule has 2 fully saturated rings. The maximum Gasteiger partial charge on any atom is -0.0385 e. The molecule has 0 heteroatoms. The molecule has 0 atom stereocenters. The molecule has 286 valence electrons. The molecular formula is C45H106. The van der Waals surface area contributed by atoms with Gasteiger partial charge in [0, 0.05) is 0 Å². The standard InChI is InChI=1S/C7H14.C6H12.2C6H14.2C5H12.C4H10.3C2H6/c1-2-7-5-3-4-6-7;1-6-4-2-3-5-6;2*1-5-6(2,3)4;1-5(2,3)4;1-4-5(2)3;1-4(2)3;3*1-2/h7H,2-6H2,1H3;6H,2-5H2,1H3;2*5H2,1-4H3;1-4H3;5H,4H2,1-3H3;4H,1-3H3;3*1-2H3. The van der Waals surface area contributed by atoms with E-state index >= 15 is 0 Å². The summed E-state index contributed by atoms with van der Waals surface area (Å²) < 4.78 is 0. The second-order valence-corrected chi connectivity index (χ2v) is 17.3. The minimum Gasteiger partial charge on any atom is -0.0683 e. The predicted molar refractivity (Wildman–Crippen MR) is 224 cm³/mol. The molecule has 2 rings (SSSR count). The third kappa shape index (κ3) is 135. The molecule has 2 aliphatic rings. The van der Waals surface area contributed by atoms with E-state index in [1.807, 2.05) is 41.5 Å². The number of rotatable bonds is 2. The van der Waals surface area contributed by atoms with E-state index < -0.39 is 0 Å². The van der Waals surface area contributed by atoms with Crippen LogP contribution in [0.2, 0.25) is 0 Å². The van der Waals surface area contributed by atoms with Gasteiger partial charge >= 0.3 is 0 Å². The van der Waals surface area contributed by atoms with Gasteiger partial charge in [0.1, 0.15) is 0 Å². The summed E-state index contributed by atoms with van der Waals surface area (Å²) in [4.78, 5) is 0. The maximum atomic E-state index is 2.34. The average Bonchev–Trinajstić information content (AvgIpc) is 3.65. The van der Waals surface area contributed by atoms with E-state index in [1.165, 1.54) is 77.0 Å². The van der Waals surface area contributed by atoms with Gasteiger partial charge in [-0.25, -0.2) is 0 Å². The van der Waals surface area contributed by atoms with E-state index in [-0.39, 0.29) is 0 Å². The Hall–Kier alpha value is 0. The van der Waals surface area contributed by atoms with Crippen LogP contribution >= 0.6 is 0 Å². The van der Waals surface area contributed by atoms with Gasteiger partial charge in [-0.15, -0.1) is 0 Å². The third-order valence-electron chi connectivity index (χ3n) is 6.63. The molecule has 0 saturated heterocycles. The van der Waals surface area contributed by atoms with Gasteiger partial charge in [-0.1, -0.05) is 257 Å². The quantitative estimate of drug-likeness (QED) is 0.280. The third-order valence-corrected chi connectivity index (χ3v) is 6.63. The molecular weight excluding hydrogens is 540 g/mol. The molecule has 45 heavy (non-hydrogen) atoms. The summed E-state index contributed by atoms with van der Waals surface area (Å²) in [5.74, 6) is 3.86. The van der Waals surface area contributed by atoms with Gasteiger partial charge < -0.3 is 0 Å². The molecule has 0 unspecified atom stereocenters. The molecule has 2 aliphatic carbocycles. The van der Waals surface area contributed by atoms with Crippen LogP contribution in [0.5, 0.6) is 0 Å². The number of hydrogen-bond donors (Lipinski definition) is 0. The van der Waals surface area contributed by atoms with Crippen LogP contribution in [-0.2, 0) is 0 Å². The van der Waals surface area contributed by atoms with Crippen molar-refractivity contribution in [2.45, 2.75) is 257 Å². The largest absolute Gasteiger partial charge is 0.0683 e. The van der Waals surface area contributed by atoms with Crippen LogP contribution < -0.4 is 0 Å². The molecule has 0 nitrogen and oxygen atoms in total. The smallest absolute Gasteiger partial charge is 0.0385 e. The van der Waals surface area contributed by atoms with Crippen LogP contribution in [0.15, 0.2) is 0 Å². The van der Waals surface area contributed by atoms with Crippen molar-refractivity contribution in [1.29, 1.82) is 0 Å². The summed E-state index contributed by atoms with van der Waals surface area (Å²) in [5, 5.41) is 0. The van der Waals surface area contributed by atoms with Gasteiger partial charge in [-0.3, -0.25) is 0 Å². The van der Waals surface area contributed by atoms with Crippen LogP contribution in [-0.4, -0.2) is 0 Å². The van der Waals surface area contributed by atoms with Crippen LogP contribution in [0.25, 0.3) is 0 Å². The van der Waals surface area contributed by atoms with E-state index in [0.717, 1.165) is 23.7 Å². The van der Waals surface area contributed by atoms with Crippen molar-refractivity contribution in [3.05, 3.63) is 0 Å². The Bertz CT molecular complexity index is 386. The summed E-state index contributed by atoms with van der Waals surface area (Å²) in [6, 6.07) is 0. The average molecular weight is 647 g/mol. The second-order valence-electron chi connectivity index (χ2n) is 17.3. The van der Waals surface area contributed by atoms with Gasteiger partial charge in [-0.2, -0.15) is 0 Å². The fraction of sp³-hybridized carbons (Fsp3) is 1.00. The first-order chi connectivity index (χ1) is 20.4. The summed E-state index contributed by atoms with van der Waals surface area (Å²) >= 11 is 0. The molecule has 0 aliphatic heterocycles. The van der Waals surface area contributed by atoms with Gasteiger partial charge in [0.2, 0.25) is 0 Å². The highest BCUT2D eigenvalue weighted by Gasteiger charge is 2.11. The molecule has 0 N–H and O–H groups in total. The van der Waals surface area contributed by atoms with Crippen molar-refractivity contribution in [2.24, 2.45) is 39.9 Å². The van der Waals surface area contributed by atoms with Crippen LogP contribution in [0.1, 0.15) is 257 Å². The predicted octanol–water partition coefficient (Wildman–Crippen LogP) is 18.5. The summed E-state index contributed by atoms with van der Waals surface area (Å²) in [5.41, 5.74) is 1.58. The summed E-state index contributed by atoms with van der Waals surface area (Å²) in [6.45, 7) is 56.4. The van der Waals surface area contributed by atoms with Gasteiger partial charge in [0.05, 0.1) is 0 Å². The van der Waals surface area contributed by atoms with Gasteiger partial charge in [-0.05, 0) is 39.9 Å². The van der Waals surface area contributed by atoms with E-state index in [2.05, 4.69) is 138 Å². The minimum atomic E-state index is 0.500. The monoisotopic (exact) mass is 647 g/mol. The van der Waals surface area contributed by atoms with E-state index in [4.69, 9.17) is 0 Å². The first-order valence-corrected chi connectivity index (χ1v) is 20.4. The fourth-order valence-corrected chi connectivity index (χ4v) is 2.55. The first kappa shape index (κ1) is 63.6. The molecule has 0 spiro atoms. The molecule has 0 aromatic heterocycles. The molecule has 0 aromatic carbocycles. The van der Waals surface area contributed by atoms with Crippen LogP contribution in [0.3, 0.4) is 0 Å². The van der Waals surface area contributed by atoms with Crippen molar-refractivity contribution in [2.75, 3.05) is 0 Å². The lowest BCUT2D eigenvalue weighted by Gasteiger charge is -2.12. The Morgan fingerprint density at radius 2 is 0.667 bits per heavy atom. The Morgan fingerprint density at radius 1 is 0.489 bits per heavy atom. The van der Waals surface area contributed by atoms with Gasteiger partial charge in [0.25, 0.3) is 0 Å². The van der Waals surface area contributed by atoms with Crippen molar-refractivity contribution >= 4 is 0 Å². The van der Waals surface area contributed by atoms with Crippen LogP contribution in [0, 0.1) is 39.9 Å². The highest BCUT2D eigenvalue weighted by Crippen LogP contribution is 2.26. The molecule has 0 aromatic rings. The van der Waals surface area contributed by atoms with E-state index in [1.54, 1.807) is 0 Å². The lowest BCUT2D eigenvalue weighted by molar-refractivity contribution is 0.397. The zero-order valence-electron chi connectivity index (χ0n) is 38.3. The zero-order chi connectivity index (χ0) is 38.3. The SMILES string of the molecule is CC.CC.CC.CC(C)(C)C.CC(C)C.CC1CCCC1.CCC(C)(C)C.CCC(C)(C)C.CCC(C)C.CCC1CCCC1. The summed E-state index contributed by atoms with van der Waals surface area (Å²) in [6.07, 6.45) is 17.2. The maximum absolute atomic E-state index is 2.34. The van der Waals surface area contributed by atoms with Crippen molar-refractivity contribution in [1.82, 2.24) is 0 Å². The Morgan fingerprint density at radius 3 is 0.733 bits per heavy atom. The van der Waals surface area contributed by atoms with E-state index in [0.29, 0.717) is 16.2 Å². The Kier molecular flexibility index (Phi) is 65.2. The summed E-state index contributed by atoms with van der Waals surface area (Å²) in [7, 11) is 0. The van der Waals surface area contributed by atoms with Crippen molar-refractivity contribution in [3.8, 4) is 0 Å². The van der Waals surface area contributed by atoms with Crippen molar-refractivity contribution < 1.29 is 0 Å². The lowest BCUT2D eigenvalue weighted by Crippen LogP contribution is -2.00. The fourth-order valence-electron chi connectivity index (χ4n) is 2.55. The first-order valence-electron chi connectivity index (χ1n) is 20.4. The molecule has 0 radical (unpaired) electrons. The van der Waals surface area contributed by atoms with Gasteiger partial charge in [0.15, 0.2) is 0 Å². The highest BCUT2D eigenvalue weighted by molar-refractivity contribution is 4.64. The Balaban J connectivity index is -0.0000000578. The van der Waals surface area contributed by atoms with Crippen LogP contribution in [0.4, 0.5) is 0 Å². The van der Waals surface area contributed by atoms with Crippen molar-refractivity contribution in [3.63, 3.8) is 0 Å². The molecule has 0 heterocycles. The lowest BCUT2D eigenvalue weighted by atomic mass is 9.94. The highest BCUT2D eigenvalue weighted by atomic mass is 14.2. The minimum absolute atomic E-state index is 0.500. The Labute approximate surface area is 296 Å². The second kappa shape index (κ2) is 46.1.